The largest absolute Gasteiger partial charge is 0.491 e. The number of para-hydroxylation sites is 1. The van der Waals surface area contributed by atoms with Gasteiger partial charge in [-0.15, -0.1) is 0 Å². The van der Waals surface area contributed by atoms with Gasteiger partial charge in [0.2, 0.25) is 0 Å². The van der Waals surface area contributed by atoms with Crippen LogP contribution in [0.3, 0.4) is 0 Å². The second kappa shape index (κ2) is 10.4. The number of ether oxygens (including phenoxy) is 1. The lowest BCUT2D eigenvalue weighted by Crippen LogP contribution is -2.45. The Labute approximate surface area is 183 Å². The van der Waals surface area contributed by atoms with Gasteiger partial charge < -0.3 is 14.5 Å². The van der Waals surface area contributed by atoms with Gasteiger partial charge in [-0.25, -0.2) is 4.39 Å². The molecule has 0 saturated carbocycles. The van der Waals surface area contributed by atoms with Crippen LogP contribution >= 0.6 is 0 Å². The first-order valence-corrected chi connectivity index (χ1v) is 10.9. The van der Waals surface area contributed by atoms with Gasteiger partial charge in [0.25, 0.3) is 11.8 Å². The van der Waals surface area contributed by atoms with E-state index in [1.807, 2.05) is 17.0 Å². The van der Waals surface area contributed by atoms with E-state index in [-0.39, 0.29) is 24.5 Å². The molecule has 5 nitrogen and oxygen atoms in total. The number of carbonyl (C=O) groups excluding carboxylic acids is 2. The van der Waals surface area contributed by atoms with E-state index in [1.54, 1.807) is 36.2 Å². The third kappa shape index (κ3) is 5.84. The molecule has 2 aromatic carbocycles. The molecule has 166 valence electrons. The van der Waals surface area contributed by atoms with Crippen LogP contribution in [0, 0.1) is 11.7 Å². The van der Waals surface area contributed by atoms with Crippen LogP contribution in [0.4, 0.5) is 4.39 Å². The lowest BCUT2D eigenvalue weighted by Gasteiger charge is -2.34. The summed E-state index contributed by atoms with van der Waals surface area (Å²) < 4.78 is 19.9. The molecule has 6 heteroatoms. The zero-order valence-electron chi connectivity index (χ0n) is 18.5. The third-order valence-electron chi connectivity index (χ3n) is 5.55. The normalized spacial score (nSPS) is 18.1. The number of nitrogens with zero attached hydrogens (tertiary/aromatic N) is 2. The molecule has 1 aliphatic rings. The van der Waals surface area contributed by atoms with E-state index in [0.29, 0.717) is 35.9 Å². The molecule has 0 N–H and O–H groups in total. The maximum Gasteiger partial charge on any atom is 0.257 e. The minimum atomic E-state index is -0.425. The van der Waals surface area contributed by atoms with Crippen molar-refractivity contribution in [2.75, 3.05) is 26.7 Å². The maximum atomic E-state index is 13.8. The Morgan fingerprint density at radius 3 is 2.61 bits per heavy atom. The smallest absolute Gasteiger partial charge is 0.257 e. The minimum absolute atomic E-state index is 0.0655. The molecule has 0 saturated heterocycles. The predicted molar refractivity (Wildman–Crippen MR) is 119 cm³/mol. The van der Waals surface area contributed by atoms with Gasteiger partial charge in [-0.3, -0.25) is 9.59 Å². The zero-order valence-corrected chi connectivity index (χ0v) is 18.5. The fraction of sp³-hybridized carbons (Fsp3) is 0.440. The Bertz CT molecular complexity index is 915. The van der Waals surface area contributed by atoms with Crippen LogP contribution in [-0.4, -0.2) is 54.4 Å². The number of amides is 2. The average molecular weight is 427 g/mol. The van der Waals surface area contributed by atoms with Crippen LogP contribution in [0.15, 0.2) is 48.5 Å². The van der Waals surface area contributed by atoms with Gasteiger partial charge in [-0.2, -0.15) is 0 Å². The van der Waals surface area contributed by atoms with Crippen LogP contribution in [0.25, 0.3) is 0 Å². The molecule has 31 heavy (non-hydrogen) atoms. The third-order valence-corrected chi connectivity index (χ3v) is 5.55. The first kappa shape index (κ1) is 22.8. The molecule has 0 aliphatic carbocycles. The summed E-state index contributed by atoms with van der Waals surface area (Å²) in [6, 6.07) is 12.9. The number of benzene rings is 2. The topological polar surface area (TPSA) is 49.9 Å². The zero-order chi connectivity index (χ0) is 22.4. The first-order chi connectivity index (χ1) is 14.9. The highest BCUT2D eigenvalue weighted by Crippen LogP contribution is 2.24. The molecular formula is C25H31FN2O3. The van der Waals surface area contributed by atoms with Crippen LogP contribution in [0.1, 0.15) is 53.8 Å². The number of carbonyl (C=O) groups is 2. The molecule has 0 fully saturated rings. The van der Waals surface area contributed by atoms with Crippen molar-refractivity contribution in [1.29, 1.82) is 0 Å². The molecule has 2 amide bonds. The molecule has 1 heterocycles. The quantitative estimate of drug-likeness (QED) is 0.719. The summed E-state index contributed by atoms with van der Waals surface area (Å²) in [5.41, 5.74) is 0.866. The molecule has 0 bridgehead atoms. The Morgan fingerprint density at radius 2 is 1.87 bits per heavy atom. The second-order valence-corrected chi connectivity index (χ2v) is 8.53. The lowest BCUT2D eigenvalue weighted by molar-refractivity contribution is 0.0558. The summed E-state index contributed by atoms with van der Waals surface area (Å²) in [5.74, 6) is 0.179. The van der Waals surface area contributed by atoms with E-state index in [9.17, 15) is 14.0 Å². The second-order valence-electron chi connectivity index (χ2n) is 8.53. The van der Waals surface area contributed by atoms with Gasteiger partial charge in [0, 0.05) is 25.7 Å². The van der Waals surface area contributed by atoms with Crippen molar-refractivity contribution in [3.05, 3.63) is 65.5 Å². The predicted octanol–water partition coefficient (Wildman–Crippen LogP) is 4.63. The van der Waals surface area contributed by atoms with E-state index in [4.69, 9.17) is 4.74 Å². The molecule has 0 radical (unpaired) electrons. The Hall–Kier alpha value is -2.89. The average Bonchev–Trinajstić information content (AvgIpc) is 2.75. The molecule has 0 aromatic heterocycles. The van der Waals surface area contributed by atoms with Gasteiger partial charge >= 0.3 is 0 Å². The molecule has 3 rings (SSSR count). The maximum absolute atomic E-state index is 13.8. The van der Waals surface area contributed by atoms with Crippen LogP contribution in [0.2, 0.25) is 0 Å². The number of rotatable bonds is 3. The van der Waals surface area contributed by atoms with Gasteiger partial charge in [-0.1, -0.05) is 32.0 Å². The van der Waals surface area contributed by atoms with Crippen molar-refractivity contribution in [2.45, 2.75) is 39.2 Å². The van der Waals surface area contributed by atoms with Crippen LogP contribution in [-0.2, 0) is 0 Å². The van der Waals surface area contributed by atoms with Gasteiger partial charge in [0.1, 0.15) is 18.2 Å². The van der Waals surface area contributed by atoms with Crippen molar-refractivity contribution >= 4 is 11.8 Å². The molecular weight excluding hydrogens is 395 g/mol. The molecule has 0 spiro atoms. The van der Waals surface area contributed by atoms with E-state index in [1.165, 1.54) is 12.1 Å². The lowest BCUT2D eigenvalue weighted by atomic mass is 10.0. The van der Waals surface area contributed by atoms with Crippen LogP contribution in [0.5, 0.6) is 5.75 Å². The summed E-state index contributed by atoms with van der Waals surface area (Å²) >= 11 is 0. The molecule has 1 atom stereocenters. The first-order valence-electron chi connectivity index (χ1n) is 10.9. The Kier molecular flexibility index (Phi) is 7.66. The highest BCUT2D eigenvalue weighted by atomic mass is 19.1. The fourth-order valence-corrected chi connectivity index (χ4v) is 3.96. The summed E-state index contributed by atoms with van der Waals surface area (Å²) in [6.07, 6.45) is 2.26. The van der Waals surface area contributed by atoms with Gasteiger partial charge in [-0.05, 0) is 55.5 Å². The van der Waals surface area contributed by atoms with Gasteiger partial charge in [0.15, 0.2) is 0 Å². The summed E-state index contributed by atoms with van der Waals surface area (Å²) in [6.45, 7) is 5.60. The van der Waals surface area contributed by atoms with E-state index >= 15 is 0 Å². The van der Waals surface area contributed by atoms with E-state index < -0.39 is 5.82 Å². The molecule has 2 aromatic rings. The summed E-state index contributed by atoms with van der Waals surface area (Å²) in [7, 11) is 1.78. The SMILES string of the molecule is CC(C)C[C@H]1COc2ccccc2C(=O)N(C)CCCCN1C(=O)c1cccc(F)c1. The van der Waals surface area contributed by atoms with Crippen molar-refractivity contribution in [3.8, 4) is 5.75 Å². The van der Waals surface area contributed by atoms with Crippen molar-refractivity contribution < 1.29 is 18.7 Å². The number of halogens is 1. The number of fused-ring (bicyclic) bond motifs is 1. The summed E-state index contributed by atoms with van der Waals surface area (Å²) in [4.78, 5) is 29.7. The molecule has 1 aliphatic heterocycles. The number of hydrogen-bond acceptors (Lipinski definition) is 3. The minimum Gasteiger partial charge on any atom is -0.491 e. The van der Waals surface area contributed by atoms with Gasteiger partial charge in [0.05, 0.1) is 11.6 Å². The van der Waals surface area contributed by atoms with Crippen molar-refractivity contribution in [1.82, 2.24) is 9.80 Å². The van der Waals surface area contributed by atoms with Crippen LogP contribution < -0.4 is 4.74 Å². The highest BCUT2D eigenvalue weighted by molar-refractivity contribution is 5.97. The molecule has 0 unspecified atom stereocenters. The highest BCUT2D eigenvalue weighted by Gasteiger charge is 2.28. The van der Waals surface area contributed by atoms with E-state index in [0.717, 1.165) is 19.3 Å². The monoisotopic (exact) mass is 426 g/mol. The van der Waals surface area contributed by atoms with Crippen molar-refractivity contribution in [2.24, 2.45) is 5.92 Å². The standard InChI is InChI=1S/C25H31FN2O3/c1-18(2)15-21-17-31-23-12-5-4-11-22(23)25(30)27(3)13-6-7-14-28(21)24(29)19-9-8-10-20(26)16-19/h4-5,8-12,16,18,21H,6-7,13-15,17H2,1-3H3/t21-/m0/s1. The fourth-order valence-electron chi connectivity index (χ4n) is 3.96. The van der Waals surface area contributed by atoms with E-state index in [2.05, 4.69) is 13.8 Å². The van der Waals surface area contributed by atoms with Crippen molar-refractivity contribution in [3.63, 3.8) is 0 Å². The Morgan fingerprint density at radius 1 is 1.13 bits per heavy atom. The summed E-state index contributed by atoms with van der Waals surface area (Å²) in [5, 5.41) is 0. The number of hydrogen-bond donors (Lipinski definition) is 0. The Balaban J connectivity index is 1.94.